The monoisotopic (exact) mass is 346 g/mol. The van der Waals surface area contributed by atoms with Gasteiger partial charge in [0, 0.05) is 28.7 Å². The number of aromatic nitrogens is 1. The van der Waals surface area contributed by atoms with Gasteiger partial charge in [0.2, 0.25) is 0 Å². The van der Waals surface area contributed by atoms with Crippen molar-refractivity contribution in [3.8, 4) is 11.3 Å². The van der Waals surface area contributed by atoms with Crippen LogP contribution in [0.2, 0.25) is 0 Å². The Kier molecular flexibility index (Phi) is 4.40. The van der Waals surface area contributed by atoms with Gasteiger partial charge in [-0.2, -0.15) is 0 Å². The summed E-state index contributed by atoms with van der Waals surface area (Å²) in [6, 6.07) is 20.0. The van der Waals surface area contributed by atoms with Crippen molar-refractivity contribution >= 4 is 5.78 Å². The summed E-state index contributed by atoms with van der Waals surface area (Å²) in [6.45, 7) is 0. The number of carbonyl (C=O) groups excluding carboxylic acids is 1. The van der Waals surface area contributed by atoms with Crippen LogP contribution in [-0.4, -0.2) is 10.8 Å². The predicted octanol–water partition coefficient (Wildman–Crippen LogP) is 5.01. The summed E-state index contributed by atoms with van der Waals surface area (Å²) in [5.74, 6) is -0.162. The molecule has 2 aromatic carbocycles. The van der Waals surface area contributed by atoms with Gasteiger partial charge in [0.15, 0.2) is 5.78 Å². The van der Waals surface area contributed by atoms with Gasteiger partial charge in [-0.15, -0.1) is 0 Å². The topological polar surface area (TPSA) is 44.9 Å². The summed E-state index contributed by atoms with van der Waals surface area (Å²) in [6.07, 6.45) is 3.41. The molecule has 1 aliphatic rings. The van der Waals surface area contributed by atoms with Crippen LogP contribution in [0.15, 0.2) is 78.5 Å². The maximum absolute atomic E-state index is 13.1. The van der Waals surface area contributed by atoms with Gasteiger partial charge in [0.05, 0.1) is 6.04 Å². The molecule has 0 aliphatic carbocycles. The number of benzene rings is 2. The molecule has 26 heavy (non-hydrogen) atoms. The lowest BCUT2D eigenvalue weighted by atomic mass is 9.94. The number of hydrogen-bond acceptors (Lipinski definition) is 2. The van der Waals surface area contributed by atoms with Crippen LogP contribution in [0.3, 0.4) is 0 Å². The zero-order chi connectivity index (χ0) is 17.9. The number of Topliss-reactive ketones (excluding diaryl/α,β-unsaturated/α-hetero) is 1. The van der Waals surface area contributed by atoms with Crippen LogP contribution in [0, 0.1) is 5.82 Å². The van der Waals surface area contributed by atoms with Gasteiger partial charge < -0.3 is 10.3 Å². The molecule has 2 N–H and O–H groups in total. The van der Waals surface area contributed by atoms with E-state index in [2.05, 4.69) is 10.3 Å². The van der Waals surface area contributed by atoms with E-state index < -0.39 is 0 Å². The fraction of sp³-hybridized carbons (Fsp3) is 0.136. The van der Waals surface area contributed by atoms with Crippen molar-refractivity contribution in [2.45, 2.75) is 18.9 Å². The summed E-state index contributed by atoms with van der Waals surface area (Å²) in [5, 5.41) is 3.34. The van der Waals surface area contributed by atoms with Crippen molar-refractivity contribution in [1.82, 2.24) is 10.3 Å². The van der Waals surface area contributed by atoms with Crippen LogP contribution in [0.4, 0.5) is 4.39 Å². The van der Waals surface area contributed by atoms with Crippen molar-refractivity contribution in [1.29, 1.82) is 0 Å². The van der Waals surface area contributed by atoms with Crippen LogP contribution in [0.25, 0.3) is 11.3 Å². The predicted molar refractivity (Wildman–Crippen MR) is 100 cm³/mol. The highest BCUT2D eigenvalue weighted by Gasteiger charge is 2.21. The van der Waals surface area contributed by atoms with Crippen LogP contribution in [0.5, 0.6) is 0 Å². The smallest absolute Gasteiger partial charge is 0.190 e. The Balaban J connectivity index is 1.47. The Bertz CT molecular complexity index is 942. The zero-order valence-corrected chi connectivity index (χ0v) is 14.2. The van der Waals surface area contributed by atoms with Crippen molar-refractivity contribution in [3.05, 3.63) is 95.6 Å². The van der Waals surface area contributed by atoms with Crippen molar-refractivity contribution < 1.29 is 9.18 Å². The second-order valence-electron chi connectivity index (χ2n) is 6.46. The quantitative estimate of drug-likeness (QED) is 0.652. The summed E-state index contributed by atoms with van der Waals surface area (Å²) in [5.41, 5.74) is 4.49. The molecule has 3 aromatic rings. The van der Waals surface area contributed by atoms with E-state index in [0.29, 0.717) is 0 Å². The first-order valence-electron chi connectivity index (χ1n) is 8.70. The molecule has 4 heteroatoms. The lowest BCUT2D eigenvalue weighted by molar-refractivity contribution is 0.102. The maximum Gasteiger partial charge on any atom is 0.190 e. The Morgan fingerprint density at radius 3 is 2.42 bits per heavy atom. The molecule has 130 valence electrons. The summed E-state index contributed by atoms with van der Waals surface area (Å²) in [7, 11) is 0. The molecule has 0 radical (unpaired) electrons. The number of ketones is 1. The molecule has 0 saturated carbocycles. The molecule has 3 nitrogen and oxygen atoms in total. The molecule has 2 heterocycles. The molecule has 0 unspecified atom stereocenters. The molecule has 0 saturated heterocycles. The number of H-pyrrole nitrogens is 1. The highest BCUT2D eigenvalue weighted by Crippen LogP contribution is 2.28. The van der Waals surface area contributed by atoms with E-state index in [0.717, 1.165) is 40.9 Å². The van der Waals surface area contributed by atoms with Gasteiger partial charge in [-0.05, 0) is 54.8 Å². The highest BCUT2D eigenvalue weighted by atomic mass is 19.1. The van der Waals surface area contributed by atoms with Gasteiger partial charge in [-0.3, -0.25) is 4.79 Å². The minimum Gasteiger partial charge on any atom is -0.382 e. The van der Waals surface area contributed by atoms with Crippen LogP contribution in [0.1, 0.15) is 34.9 Å². The van der Waals surface area contributed by atoms with Crippen LogP contribution >= 0.6 is 0 Å². The van der Waals surface area contributed by atoms with E-state index in [4.69, 9.17) is 0 Å². The fourth-order valence-electron chi connectivity index (χ4n) is 3.27. The number of halogens is 1. The van der Waals surface area contributed by atoms with Gasteiger partial charge in [-0.25, -0.2) is 4.39 Å². The molecule has 0 spiro atoms. The number of aromatic amines is 1. The van der Waals surface area contributed by atoms with Gasteiger partial charge in [-0.1, -0.05) is 30.3 Å². The van der Waals surface area contributed by atoms with E-state index in [1.807, 2.05) is 48.7 Å². The van der Waals surface area contributed by atoms with Crippen LogP contribution in [-0.2, 0) is 0 Å². The molecule has 0 bridgehead atoms. The molecule has 0 fully saturated rings. The molecule has 1 aliphatic heterocycles. The Morgan fingerprint density at radius 2 is 1.73 bits per heavy atom. The van der Waals surface area contributed by atoms with E-state index >= 15 is 0 Å². The average Bonchev–Trinajstić information content (AvgIpc) is 3.19. The highest BCUT2D eigenvalue weighted by molar-refractivity contribution is 6.08. The minimum absolute atomic E-state index is 0.0787. The minimum atomic E-state index is -0.241. The van der Waals surface area contributed by atoms with E-state index in [1.165, 1.54) is 12.1 Å². The normalized spacial score (nSPS) is 16.7. The first-order chi connectivity index (χ1) is 12.7. The largest absolute Gasteiger partial charge is 0.382 e. The molecule has 1 atom stereocenters. The number of carbonyl (C=O) groups is 1. The third kappa shape index (κ3) is 3.31. The molecule has 0 amide bonds. The average molecular weight is 346 g/mol. The Morgan fingerprint density at radius 1 is 0.962 bits per heavy atom. The second kappa shape index (κ2) is 7.00. The number of allylic oxidation sites excluding steroid dienone is 1. The lowest BCUT2D eigenvalue weighted by Gasteiger charge is -2.23. The van der Waals surface area contributed by atoms with Crippen molar-refractivity contribution in [2.75, 3.05) is 0 Å². The first-order valence-corrected chi connectivity index (χ1v) is 8.70. The standard InChI is InChI=1S/C22H19FN2O/c23-18-9-6-15(7-10-18)19-12-13-21(25-19)20-11-8-17(14-24-20)22(26)16-4-2-1-3-5-16/h1-7,9-10,12-14,20,24-25H,8,11H2/t20-/m1/s1. The van der Waals surface area contributed by atoms with Crippen LogP contribution < -0.4 is 5.32 Å². The molecule has 4 rings (SSSR count). The fourth-order valence-corrected chi connectivity index (χ4v) is 3.27. The third-order valence-electron chi connectivity index (χ3n) is 4.73. The summed E-state index contributed by atoms with van der Waals surface area (Å²) < 4.78 is 13.1. The van der Waals surface area contributed by atoms with E-state index in [-0.39, 0.29) is 17.6 Å². The van der Waals surface area contributed by atoms with Crippen molar-refractivity contribution in [2.24, 2.45) is 0 Å². The second-order valence-corrected chi connectivity index (χ2v) is 6.46. The number of nitrogens with one attached hydrogen (secondary N) is 2. The Labute approximate surface area is 151 Å². The maximum atomic E-state index is 13.1. The number of rotatable bonds is 4. The SMILES string of the molecule is O=C(C1=CN[C@@H](c2ccc(-c3ccc(F)cc3)[nH]2)CC1)c1ccccc1. The first kappa shape index (κ1) is 16.3. The molecular weight excluding hydrogens is 327 g/mol. The summed E-state index contributed by atoms with van der Waals surface area (Å²) >= 11 is 0. The van der Waals surface area contributed by atoms with Gasteiger partial charge >= 0.3 is 0 Å². The summed E-state index contributed by atoms with van der Waals surface area (Å²) in [4.78, 5) is 15.9. The Hall–Kier alpha value is -3.14. The number of hydrogen-bond donors (Lipinski definition) is 2. The van der Waals surface area contributed by atoms with E-state index in [9.17, 15) is 9.18 Å². The van der Waals surface area contributed by atoms with Crippen molar-refractivity contribution in [3.63, 3.8) is 0 Å². The molecule has 1 aromatic heterocycles. The van der Waals surface area contributed by atoms with Gasteiger partial charge in [0.25, 0.3) is 0 Å². The van der Waals surface area contributed by atoms with Gasteiger partial charge in [0.1, 0.15) is 5.82 Å². The lowest BCUT2D eigenvalue weighted by Crippen LogP contribution is -2.23. The zero-order valence-electron chi connectivity index (χ0n) is 14.2. The van der Waals surface area contributed by atoms with E-state index in [1.54, 1.807) is 12.1 Å². The third-order valence-corrected chi connectivity index (χ3v) is 4.73. The molecular formula is C22H19FN2O.